The lowest BCUT2D eigenvalue weighted by atomic mass is 9.98. The maximum absolute atomic E-state index is 12.7. The van der Waals surface area contributed by atoms with Crippen LogP contribution in [0.1, 0.15) is 67.2 Å². The Bertz CT molecular complexity index is 559. The summed E-state index contributed by atoms with van der Waals surface area (Å²) in [6, 6.07) is 1.70. The minimum atomic E-state index is -0.0342. The van der Waals surface area contributed by atoms with Gasteiger partial charge in [-0.3, -0.25) is 14.6 Å². The monoisotopic (exact) mass is 331 g/mol. The minimum absolute atomic E-state index is 0.0124. The number of aromatic nitrogens is 1. The maximum Gasteiger partial charge on any atom is 0.255 e. The van der Waals surface area contributed by atoms with Crippen LogP contribution in [0.3, 0.4) is 0 Å². The molecule has 1 aliphatic heterocycles. The van der Waals surface area contributed by atoms with E-state index in [0.29, 0.717) is 17.0 Å². The van der Waals surface area contributed by atoms with Gasteiger partial charge >= 0.3 is 0 Å². The summed E-state index contributed by atoms with van der Waals surface area (Å²) in [5.74, 6) is 0.631. The SMILES string of the molecule is CCCN(CCC)C(=O)c1cncc(C(=O)N2CCC(C)CC2)c1. The molecule has 0 radical (unpaired) electrons. The van der Waals surface area contributed by atoms with Gasteiger partial charge in [0, 0.05) is 38.6 Å². The fourth-order valence-electron chi connectivity index (χ4n) is 3.11. The van der Waals surface area contributed by atoms with Gasteiger partial charge in [0.05, 0.1) is 11.1 Å². The van der Waals surface area contributed by atoms with Crippen molar-refractivity contribution in [2.75, 3.05) is 26.2 Å². The summed E-state index contributed by atoms with van der Waals surface area (Å²) in [6.45, 7) is 9.38. The van der Waals surface area contributed by atoms with Crippen molar-refractivity contribution < 1.29 is 9.59 Å². The molecule has 2 amide bonds. The van der Waals surface area contributed by atoms with Gasteiger partial charge in [-0.25, -0.2) is 0 Å². The Balaban J connectivity index is 2.12. The lowest BCUT2D eigenvalue weighted by Gasteiger charge is -2.30. The number of carbonyl (C=O) groups excluding carboxylic acids is 2. The highest BCUT2D eigenvalue weighted by molar-refractivity contribution is 5.99. The van der Waals surface area contributed by atoms with Crippen molar-refractivity contribution in [3.63, 3.8) is 0 Å². The van der Waals surface area contributed by atoms with Crippen LogP contribution in [0.25, 0.3) is 0 Å². The molecule has 0 aliphatic carbocycles. The van der Waals surface area contributed by atoms with E-state index in [1.165, 1.54) is 0 Å². The number of rotatable bonds is 6. The molecule has 0 bridgehead atoms. The first-order chi connectivity index (χ1) is 11.6. The third kappa shape index (κ3) is 4.56. The second-order valence-corrected chi connectivity index (χ2v) is 6.73. The second kappa shape index (κ2) is 8.81. The smallest absolute Gasteiger partial charge is 0.255 e. The molecule has 0 aromatic carbocycles. The zero-order chi connectivity index (χ0) is 17.5. The maximum atomic E-state index is 12.7. The predicted octanol–water partition coefficient (Wildman–Crippen LogP) is 3.22. The molecular formula is C19H29N3O2. The Kier molecular flexibility index (Phi) is 6.76. The van der Waals surface area contributed by atoms with E-state index in [0.717, 1.165) is 51.9 Å². The van der Waals surface area contributed by atoms with Crippen molar-refractivity contribution in [1.29, 1.82) is 0 Å². The molecule has 0 spiro atoms. The quantitative estimate of drug-likeness (QED) is 0.804. The number of pyridine rings is 1. The number of piperidine rings is 1. The van der Waals surface area contributed by atoms with E-state index in [4.69, 9.17) is 0 Å². The summed E-state index contributed by atoms with van der Waals surface area (Å²) < 4.78 is 0. The largest absolute Gasteiger partial charge is 0.339 e. The van der Waals surface area contributed by atoms with Crippen LogP contribution < -0.4 is 0 Å². The zero-order valence-electron chi connectivity index (χ0n) is 15.1. The fraction of sp³-hybridized carbons (Fsp3) is 0.632. The van der Waals surface area contributed by atoms with Gasteiger partial charge in [-0.05, 0) is 37.7 Å². The predicted molar refractivity (Wildman–Crippen MR) is 95.0 cm³/mol. The van der Waals surface area contributed by atoms with Gasteiger partial charge in [0.15, 0.2) is 0 Å². The highest BCUT2D eigenvalue weighted by Gasteiger charge is 2.23. The van der Waals surface area contributed by atoms with E-state index in [-0.39, 0.29) is 11.8 Å². The van der Waals surface area contributed by atoms with Crippen molar-refractivity contribution in [2.45, 2.75) is 46.5 Å². The molecule has 1 saturated heterocycles. The van der Waals surface area contributed by atoms with E-state index in [9.17, 15) is 9.59 Å². The van der Waals surface area contributed by atoms with Crippen molar-refractivity contribution in [3.05, 3.63) is 29.6 Å². The Hall–Kier alpha value is -1.91. The van der Waals surface area contributed by atoms with Gasteiger partial charge in [-0.1, -0.05) is 20.8 Å². The number of carbonyl (C=O) groups is 2. The van der Waals surface area contributed by atoms with E-state index in [1.54, 1.807) is 18.5 Å². The van der Waals surface area contributed by atoms with Crippen molar-refractivity contribution in [2.24, 2.45) is 5.92 Å². The molecule has 0 saturated carbocycles. The fourth-order valence-corrected chi connectivity index (χ4v) is 3.11. The summed E-state index contributed by atoms with van der Waals surface area (Å²) in [7, 11) is 0. The Morgan fingerprint density at radius 3 is 2.29 bits per heavy atom. The summed E-state index contributed by atoms with van der Waals surface area (Å²) in [4.78, 5) is 33.2. The summed E-state index contributed by atoms with van der Waals surface area (Å²) in [5.41, 5.74) is 1.02. The van der Waals surface area contributed by atoms with Crippen LogP contribution in [0.4, 0.5) is 0 Å². The standard InChI is InChI=1S/C19H29N3O2/c1-4-8-21(9-5-2)18(23)16-12-17(14-20-13-16)19(24)22-10-6-15(3)7-11-22/h12-15H,4-11H2,1-3H3. The van der Waals surface area contributed by atoms with Crippen LogP contribution in [0.15, 0.2) is 18.5 Å². The van der Waals surface area contributed by atoms with Crippen LogP contribution in [0, 0.1) is 5.92 Å². The minimum Gasteiger partial charge on any atom is -0.339 e. The van der Waals surface area contributed by atoms with Gasteiger partial charge in [0.25, 0.3) is 11.8 Å². The van der Waals surface area contributed by atoms with Crippen LogP contribution in [0.5, 0.6) is 0 Å². The van der Waals surface area contributed by atoms with E-state index >= 15 is 0 Å². The van der Waals surface area contributed by atoms with Gasteiger partial charge in [0.1, 0.15) is 0 Å². The average Bonchev–Trinajstić information content (AvgIpc) is 2.61. The van der Waals surface area contributed by atoms with E-state index in [1.807, 2.05) is 9.80 Å². The van der Waals surface area contributed by atoms with Crippen molar-refractivity contribution in [1.82, 2.24) is 14.8 Å². The van der Waals surface area contributed by atoms with Crippen LogP contribution in [0.2, 0.25) is 0 Å². The molecule has 1 aromatic rings. The molecule has 2 rings (SSSR count). The first-order valence-corrected chi connectivity index (χ1v) is 9.10. The molecule has 5 heteroatoms. The molecule has 0 unspecified atom stereocenters. The highest BCUT2D eigenvalue weighted by atomic mass is 16.2. The van der Waals surface area contributed by atoms with Gasteiger partial charge in [0.2, 0.25) is 0 Å². The summed E-state index contributed by atoms with van der Waals surface area (Å²) in [5, 5.41) is 0. The molecule has 0 atom stereocenters. The lowest BCUT2D eigenvalue weighted by Crippen LogP contribution is -2.38. The summed E-state index contributed by atoms with van der Waals surface area (Å²) in [6.07, 6.45) is 7.06. The average molecular weight is 331 g/mol. The normalized spacial score (nSPS) is 15.4. The molecule has 0 N–H and O–H groups in total. The first kappa shape index (κ1) is 18.4. The number of amides is 2. The number of nitrogens with zero attached hydrogens (tertiary/aromatic N) is 3. The van der Waals surface area contributed by atoms with Gasteiger partial charge in [-0.15, -0.1) is 0 Å². The molecule has 1 aliphatic rings. The van der Waals surface area contributed by atoms with Gasteiger partial charge < -0.3 is 9.80 Å². The third-order valence-corrected chi connectivity index (χ3v) is 4.58. The Labute approximate surface area is 145 Å². The zero-order valence-corrected chi connectivity index (χ0v) is 15.1. The van der Waals surface area contributed by atoms with E-state index in [2.05, 4.69) is 25.8 Å². The van der Waals surface area contributed by atoms with Crippen LogP contribution in [-0.4, -0.2) is 52.8 Å². The highest BCUT2D eigenvalue weighted by Crippen LogP contribution is 2.18. The molecular weight excluding hydrogens is 302 g/mol. The summed E-state index contributed by atoms with van der Waals surface area (Å²) >= 11 is 0. The topological polar surface area (TPSA) is 53.5 Å². The second-order valence-electron chi connectivity index (χ2n) is 6.73. The van der Waals surface area contributed by atoms with Crippen LogP contribution in [-0.2, 0) is 0 Å². The first-order valence-electron chi connectivity index (χ1n) is 9.10. The molecule has 1 aromatic heterocycles. The number of hydrogen-bond donors (Lipinski definition) is 0. The van der Waals surface area contributed by atoms with Crippen molar-refractivity contribution >= 4 is 11.8 Å². The van der Waals surface area contributed by atoms with Crippen molar-refractivity contribution in [3.8, 4) is 0 Å². The molecule has 1 fully saturated rings. The molecule has 24 heavy (non-hydrogen) atoms. The number of likely N-dealkylation sites (tertiary alicyclic amines) is 1. The molecule has 132 valence electrons. The number of hydrogen-bond acceptors (Lipinski definition) is 3. The third-order valence-electron chi connectivity index (χ3n) is 4.58. The molecule has 2 heterocycles. The van der Waals surface area contributed by atoms with Gasteiger partial charge in [-0.2, -0.15) is 0 Å². The van der Waals surface area contributed by atoms with E-state index < -0.39 is 0 Å². The van der Waals surface area contributed by atoms with Crippen LogP contribution >= 0.6 is 0 Å². The Morgan fingerprint density at radius 1 is 1.12 bits per heavy atom. The lowest BCUT2D eigenvalue weighted by molar-refractivity contribution is 0.0696. The Morgan fingerprint density at radius 2 is 1.71 bits per heavy atom. The molecule has 5 nitrogen and oxygen atoms in total.